The molecule has 0 bridgehead atoms. The lowest BCUT2D eigenvalue weighted by molar-refractivity contribution is 0.268. The molecular formula is C17H23ClN4O3S. The Morgan fingerprint density at radius 2 is 1.96 bits per heavy atom. The lowest BCUT2D eigenvalue weighted by Crippen LogP contribution is -2.39. The number of piperidine rings is 1. The van der Waals surface area contributed by atoms with E-state index in [0.29, 0.717) is 36.7 Å². The van der Waals surface area contributed by atoms with Crippen LogP contribution in [0.4, 0.5) is 0 Å². The largest absolute Gasteiger partial charge is 0.495 e. The summed E-state index contributed by atoms with van der Waals surface area (Å²) in [6, 6.07) is 4.84. The number of aromatic nitrogens is 3. The van der Waals surface area contributed by atoms with Gasteiger partial charge in [-0.2, -0.15) is 4.31 Å². The van der Waals surface area contributed by atoms with Gasteiger partial charge in [-0.3, -0.25) is 0 Å². The number of nitrogens with zero attached hydrogens (tertiary/aromatic N) is 4. The molecular weight excluding hydrogens is 376 g/mol. The van der Waals surface area contributed by atoms with Gasteiger partial charge in [0, 0.05) is 30.1 Å². The van der Waals surface area contributed by atoms with Gasteiger partial charge in [0.05, 0.1) is 7.11 Å². The summed E-state index contributed by atoms with van der Waals surface area (Å²) >= 11 is 6.00. The fraction of sp³-hybridized carbons (Fsp3) is 0.529. The summed E-state index contributed by atoms with van der Waals surface area (Å²) in [6.45, 7) is 5.01. The Hall–Kier alpha value is -1.64. The van der Waals surface area contributed by atoms with E-state index >= 15 is 0 Å². The quantitative estimate of drug-likeness (QED) is 0.773. The maximum absolute atomic E-state index is 13.0. The Bertz CT molecular complexity index is 874. The maximum atomic E-state index is 13.0. The van der Waals surface area contributed by atoms with Crippen molar-refractivity contribution in [2.45, 2.75) is 43.5 Å². The Morgan fingerprint density at radius 1 is 1.27 bits per heavy atom. The van der Waals surface area contributed by atoms with Crippen LogP contribution >= 0.6 is 11.6 Å². The van der Waals surface area contributed by atoms with Gasteiger partial charge < -0.3 is 9.30 Å². The fourth-order valence-corrected chi connectivity index (χ4v) is 5.19. The number of hydrogen-bond acceptors (Lipinski definition) is 5. The summed E-state index contributed by atoms with van der Waals surface area (Å²) in [5.41, 5.74) is 0. The first kappa shape index (κ1) is 19.1. The number of methoxy groups -OCH3 is 1. The Labute approximate surface area is 159 Å². The number of ether oxygens (including phenoxy) is 1. The lowest BCUT2D eigenvalue weighted by Gasteiger charge is -2.32. The molecule has 9 heteroatoms. The smallest absolute Gasteiger partial charge is 0.246 e. The normalized spacial score (nSPS) is 17.0. The molecule has 0 aliphatic carbocycles. The third-order valence-electron chi connectivity index (χ3n) is 4.68. The molecule has 3 rings (SSSR count). The van der Waals surface area contributed by atoms with E-state index in [9.17, 15) is 8.42 Å². The minimum atomic E-state index is -3.66. The van der Waals surface area contributed by atoms with Crippen molar-refractivity contribution in [3.63, 3.8) is 0 Å². The molecule has 1 aliphatic heterocycles. The molecule has 0 unspecified atom stereocenters. The topological polar surface area (TPSA) is 77.3 Å². The summed E-state index contributed by atoms with van der Waals surface area (Å²) in [5.74, 6) is 1.51. The zero-order chi connectivity index (χ0) is 18.9. The highest BCUT2D eigenvalue weighted by Crippen LogP contribution is 2.33. The van der Waals surface area contributed by atoms with Crippen molar-refractivity contribution >= 4 is 21.6 Å². The predicted octanol–water partition coefficient (Wildman–Crippen LogP) is 3.09. The van der Waals surface area contributed by atoms with Crippen LogP contribution in [0.5, 0.6) is 5.75 Å². The molecule has 1 saturated heterocycles. The van der Waals surface area contributed by atoms with Crippen molar-refractivity contribution in [2.24, 2.45) is 0 Å². The van der Waals surface area contributed by atoms with Crippen LogP contribution in [-0.2, 0) is 10.0 Å². The van der Waals surface area contributed by atoms with Gasteiger partial charge in [0.2, 0.25) is 10.0 Å². The van der Waals surface area contributed by atoms with Crippen molar-refractivity contribution in [3.8, 4) is 5.75 Å². The number of hydrogen-bond donors (Lipinski definition) is 0. The van der Waals surface area contributed by atoms with Crippen molar-refractivity contribution in [1.82, 2.24) is 19.1 Å². The van der Waals surface area contributed by atoms with E-state index in [0.717, 1.165) is 5.82 Å². The molecule has 1 fully saturated rings. The van der Waals surface area contributed by atoms with Crippen molar-refractivity contribution < 1.29 is 13.2 Å². The molecule has 0 amide bonds. The van der Waals surface area contributed by atoms with Crippen LogP contribution in [0, 0.1) is 0 Å². The van der Waals surface area contributed by atoms with Crippen LogP contribution < -0.4 is 4.74 Å². The third kappa shape index (κ3) is 3.58. The number of halogens is 1. The standard InChI is InChI=1S/C17H23ClN4O3S/c1-12(2)17-20-19-11-22(17)14-6-8-21(9-7-14)26(23,24)16-10-13(18)4-5-15(16)25-3/h4-5,10-12,14H,6-9H2,1-3H3. The Morgan fingerprint density at radius 3 is 2.58 bits per heavy atom. The fourth-order valence-electron chi connectivity index (χ4n) is 3.30. The van der Waals surface area contributed by atoms with Crippen LogP contribution in [0.1, 0.15) is 44.5 Å². The molecule has 26 heavy (non-hydrogen) atoms. The molecule has 0 N–H and O–H groups in total. The summed E-state index contributed by atoms with van der Waals surface area (Å²) in [6.07, 6.45) is 3.16. The van der Waals surface area contributed by atoms with E-state index in [-0.39, 0.29) is 16.9 Å². The molecule has 0 saturated carbocycles. The Balaban J connectivity index is 1.79. The van der Waals surface area contributed by atoms with Crippen LogP contribution in [0.25, 0.3) is 0 Å². The van der Waals surface area contributed by atoms with E-state index < -0.39 is 10.0 Å². The van der Waals surface area contributed by atoms with Gasteiger partial charge in [-0.15, -0.1) is 10.2 Å². The number of sulfonamides is 1. The van der Waals surface area contributed by atoms with Gasteiger partial charge in [0.15, 0.2) is 0 Å². The summed E-state index contributed by atoms with van der Waals surface area (Å²) in [4.78, 5) is 0.109. The zero-order valence-electron chi connectivity index (χ0n) is 15.1. The van der Waals surface area contributed by atoms with Gasteiger partial charge in [-0.25, -0.2) is 8.42 Å². The van der Waals surface area contributed by atoms with E-state index in [2.05, 4.69) is 28.6 Å². The highest BCUT2D eigenvalue weighted by atomic mass is 35.5. The highest BCUT2D eigenvalue weighted by Gasteiger charge is 2.33. The van der Waals surface area contributed by atoms with Crippen LogP contribution in [0.15, 0.2) is 29.4 Å². The minimum absolute atomic E-state index is 0.109. The maximum Gasteiger partial charge on any atom is 0.246 e. The molecule has 1 aromatic heterocycles. The monoisotopic (exact) mass is 398 g/mol. The van der Waals surface area contributed by atoms with Gasteiger partial charge in [0.25, 0.3) is 0 Å². The van der Waals surface area contributed by atoms with Crippen molar-refractivity contribution in [2.75, 3.05) is 20.2 Å². The van der Waals surface area contributed by atoms with E-state index in [1.807, 2.05) is 0 Å². The molecule has 1 aliphatic rings. The molecule has 142 valence electrons. The molecule has 0 radical (unpaired) electrons. The van der Waals surface area contributed by atoms with Gasteiger partial charge in [-0.05, 0) is 31.0 Å². The first-order valence-electron chi connectivity index (χ1n) is 8.57. The average molecular weight is 399 g/mol. The second-order valence-corrected chi connectivity index (χ2v) is 9.02. The second kappa shape index (κ2) is 7.54. The molecule has 0 atom stereocenters. The summed E-state index contributed by atoms with van der Waals surface area (Å²) in [7, 11) is -2.21. The lowest BCUT2D eigenvalue weighted by atomic mass is 10.1. The zero-order valence-corrected chi connectivity index (χ0v) is 16.7. The molecule has 0 spiro atoms. The number of rotatable bonds is 5. The average Bonchev–Trinajstić information content (AvgIpc) is 3.12. The van der Waals surface area contributed by atoms with E-state index in [1.165, 1.54) is 17.5 Å². The molecule has 7 nitrogen and oxygen atoms in total. The summed E-state index contributed by atoms with van der Waals surface area (Å²) < 4.78 is 34.9. The predicted molar refractivity (Wildman–Crippen MR) is 99.1 cm³/mol. The number of benzene rings is 1. The second-order valence-electron chi connectivity index (χ2n) is 6.68. The van der Waals surface area contributed by atoms with Crippen LogP contribution in [0.2, 0.25) is 5.02 Å². The van der Waals surface area contributed by atoms with E-state index in [4.69, 9.17) is 16.3 Å². The van der Waals surface area contributed by atoms with Gasteiger partial charge in [0.1, 0.15) is 22.8 Å². The third-order valence-corrected chi connectivity index (χ3v) is 6.83. The van der Waals surface area contributed by atoms with Crippen LogP contribution in [-0.4, -0.2) is 47.7 Å². The molecule has 2 heterocycles. The first-order valence-corrected chi connectivity index (χ1v) is 10.4. The van der Waals surface area contributed by atoms with Crippen LogP contribution in [0.3, 0.4) is 0 Å². The highest BCUT2D eigenvalue weighted by molar-refractivity contribution is 7.89. The Kier molecular flexibility index (Phi) is 5.55. The van der Waals surface area contributed by atoms with E-state index in [1.54, 1.807) is 18.5 Å². The molecule has 2 aromatic rings. The van der Waals surface area contributed by atoms with Crippen molar-refractivity contribution in [3.05, 3.63) is 35.4 Å². The minimum Gasteiger partial charge on any atom is -0.495 e. The van der Waals surface area contributed by atoms with Crippen molar-refractivity contribution in [1.29, 1.82) is 0 Å². The van der Waals surface area contributed by atoms with Gasteiger partial charge >= 0.3 is 0 Å². The SMILES string of the molecule is COc1ccc(Cl)cc1S(=O)(=O)N1CCC(n2cnnc2C(C)C)CC1. The summed E-state index contributed by atoms with van der Waals surface area (Å²) in [5, 5.41) is 8.57. The van der Waals surface area contributed by atoms with Gasteiger partial charge in [-0.1, -0.05) is 25.4 Å². The molecule has 1 aromatic carbocycles. The first-order chi connectivity index (χ1) is 12.3.